The van der Waals surface area contributed by atoms with Crippen molar-refractivity contribution in [2.45, 2.75) is 18.4 Å². The first-order valence-electron chi connectivity index (χ1n) is 6.65. The third-order valence-electron chi connectivity index (χ3n) is 3.07. The fourth-order valence-corrected chi connectivity index (χ4v) is 3.84. The summed E-state index contributed by atoms with van der Waals surface area (Å²) in [6, 6.07) is 8.69. The van der Waals surface area contributed by atoms with E-state index in [4.69, 9.17) is 4.74 Å². The highest BCUT2D eigenvalue weighted by Crippen LogP contribution is 2.32. The Bertz CT molecular complexity index is 843. The summed E-state index contributed by atoms with van der Waals surface area (Å²) in [6.07, 6.45) is 0. The average molecular weight is 422 g/mol. The molecule has 2 aromatic carbocycles. The first-order valence-corrected chi connectivity index (χ1v) is 8.92. The van der Waals surface area contributed by atoms with Crippen molar-refractivity contribution in [1.82, 2.24) is 0 Å². The zero-order chi connectivity index (χ0) is 17.9. The van der Waals surface area contributed by atoms with Gasteiger partial charge in [-0.15, -0.1) is 0 Å². The maximum absolute atomic E-state index is 12.5. The molecule has 0 radical (unpaired) electrons. The normalized spacial score (nSPS) is 11.4. The van der Waals surface area contributed by atoms with Crippen molar-refractivity contribution in [3.63, 3.8) is 0 Å². The Morgan fingerprint density at radius 2 is 1.83 bits per heavy atom. The lowest BCUT2D eigenvalue weighted by atomic mass is 10.2. The maximum atomic E-state index is 12.5. The molecule has 0 spiro atoms. The Kier molecular flexibility index (Phi) is 5.66. The van der Waals surface area contributed by atoms with Gasteiger partial charge in [0, 0.05) is 10.5 Å². The van der Waals surface area contributed by atoms with E-state index in [0.29, 0.717) is 10.0 Å². The van der Waals surface area contributed by atoms with Gasteiger partial charge in [-0.25, -0.2) is 8.42 Å². The van der Waals surface area contributed by atoms with E-state index in [1.807, 2.05) is 0 Å². The molecule has 0 heterocycles. The van der Waals surface area contributed by atoms with E-state index < -0.39 is 16.6 Å². The number of aryl methyl sites for hydroxylation is 1. The van der Waals surface area contributed by atoms with Gasteiger partial charge in [-0.1, -0.05) is 22.0 Å². The summed E-state index contributed by atoms with van der Waals surface area (Å²) in [6.45, 7) is -1.40. The van der Waals surface area contributed by atoms with Gasteiger partial charge in [0.1, 0.15) is 0 Å². The van der Waals surface area contributed by atoms with Crippen molar-refractivity contribution in [2.24, 2.45) is 0 Å². The van der Waals surface area contributed by atoms with Crippen molar-refractivity contribution >= 4 is 31.6 Å². The molecule has 0 fully saturated rings. The second-order valence-corrected chi connectivity index (χ2v) is 7.33. The Morgan fingerprint density at radius 1 is 1.12 bits per heavy atom. The average Bonchev–Trinajstić information content (AvgIpc) is 2.49. The maximum Gasteiger partial charge on any atom is 0.387 e. The molecular weight excluding hydrogens is 408 g/mol. The molecule has 9 heteroatoms. The third kappa shape index (κ3) is 4.35. The first kappa shape index (κ1) is 18.5. The van der Waals surface area contributed by atoms with Gasteiger partial charge in [0.15, 0.2) is 11.5 Å². The Hall–Kier alpha value is -1.87. The van der Waals surface area contributed by atoms with Crippen molar-refractivity contribution in [3.05, 3.63) is 46.4 Å². The van der Waals surface area contributed by atoms with Crippen LogP contribution in [-0.2, 0) is 10.0 Å². The minimum absolute atomic E-state index is 0.0666. The summed E-state index contributed by atoms with van der Waals surface area (Å²) in [5, 5.41) is 0. The van der Waals surface area contributed by atoms with E-state index in [1.54, 1.807) is 19.1 Å². The number of alkyl halides is 2. The standard InChI is InChI=1S/C15H14BrF2NO4S/c1-9-3-4-10(16)7-14(9)24(20,21)19-11-5-6-12(22-2)13(8-11)23-15(17)18/h3-8,15,19H,1-2H3. The molecule has 0 atom stereocenters. The highest BCUT2D eigenvalue weighted by molar-refractivity contribution is 9.10. The SMILES string of the molecule is COc1ccc(NS(=O)(=O)c2cc(Br)ccc2C)cc1OC(F)F. The fourth-order valence-electron chi connectivity index (χ4n) is 2.00. The second kappa shape index (κ2) is 7.35. The number of rotatable bonds is 6. The van der Waals surface area contributed by atoms with Gasteiger partial charge in [0.25, 0.3) is 10.0 Å². The van der Waals surface area contributed by atoms with Crippen LogP contribution in [0.2, 0.25) is 0 Å². The van der Waals surface area contributed by atoms with Crippen LogP contribution in [0.4, 0.5) is 14.5 Å². The number of anilines is 1. The number of ether oxygens (including phenoxy) is 2. The van der Waals surface area contributed by atoms with Crippen LogP contribution in [0.3, 0.4) is 0 Å². The summed E-state index contributed by atoms with van der Waals surface area (Å²) < 4.78 is 62.1. The monoisotopic (exact) mass is 421 g/mol. The van der Waals surface area contributed by atoms with E-state index in [-0.39, 0.29) is 22.1 Å². The largest absolute Gasteiger partial charge is 0.493 e. The minimum atomic E-state index is -3.90. The van der Waals surface area contributed by atoms with Gasteiger partial charge in [0.2, 0.25) is 0 Å². The molecule has 2 aromatic rings. The highest BCUT2D eigenvalue weighted by atomic mass is 79.9. The first-order chi connectivity index (χ1) is 11.2. The van der Waals surface area contributed by atoms with Gasteiger partial charge in [-0.2, -0.15) is 8.78 Å². The zero-order valence-corrected chi connectivity index (χ0v) is 15.1. The predicted octanol–water partition coefficient (Wildman–Crippen LogP) is 4.17. The molecule has 0 bridgehead atoms. The van der Waals surface area contributed by atoms with Crippen LogP contribution in [0.1, 0.15) is 5.56 Å². The number of halogens is 3. The number of hydrogen-bond donors (Lipinski definition) is 1. The molecule has 0 aliphatic carbocycles. The highest BCUT2D eigenvalue weighted by Gasteiger charge is 2.19. The molecule has 2 rings (SSSR count). The van der Waals surface area contributed by atoms with Gasteiger partial charge >= 0.3 is 6.61 Å². The van der Waals surface area contributed by atoms with E-state index >= 15 is 0 Å². The molecule has 5 nitrogen and oxygen atoms in total. The summed E-state index contributed by atoms with van der Waals surface area (Å²) >= 11 is 3.22. The van der Waals surface area contributed by atoms with Crippen LogP contribution in [0, 0.1) is 6.92 Å². The van der Waals surface area contributed by atoms with Crippen LogP contribution >= 0.6 is 15.9 Å². The predicted molar refractivity (Wildman–Crippen MR) is 89.3 cm³/mol. The summed E-state index contributed by atoms with van der Waals surface area (Å²) in [4.78, 5) is 0.0732. The molecular formula is C15H14BrF2NO4S. The minimum Gasteiger partial charge on any atom is -0.493 e. The Morgan fingerprint density at radius 3 is 2.46 bits per heavy atom. The van der Waals surface area contributed by atoms with Crippen LogP contribution in [0.5, 0.6) is 11.5 Å². The lowest BCUT2D eigenvalue weighted by Crippen LogP contribution is -2.14. The lowest BCUT2D eigenvalue weighted by Gasteiger charge is -2.14. The quantitative estimate of drug-likeness (QED) is 0.759. The van der Waals surface area contributed by atoms with E-state index in [2.05, 4.69) is 25.4 Å². The molecule has 24 heavy (non-hydrogen) atoms. The van der Waals surface area contributed by atoms with Crippen LogP contribution in [-0.4, -0.2) is 22.1 Å². The summed E-state index contributed by atoms with van der Waals surface area (Å²) in [5.74, 6) is -0.199. The summed E-state index contributed by atoms with van der Waals surface area (Å²) in [7, 11) is -2.60. The van der Waals surface area contributed by atoms with E-state index in [0.717, 1.165) is 6.07 Å². The molecule has 130 valence electrons. The van der Waals surface area contributed by atoms with Gasteiger partial charge < -0.3 is 9.47 Å². The second-order valence-electron chi connectivity index (χ2n) is 4.76. The van der Waals surface area contributed by atoms with Crippen LogP contribution in [0.25, 0.3) is 0 Å². The third-order valence-corrected chi connectivity index (χ3v) is 5.09. The van der Waals surface area contributed by atoms with E-state index in [1.165, 1.54) is 25.3 Å². The molecule has 0 amide bonds. The molecule has 0 aliphatic heterocycles. The van der Waals surface area contributed by atoms with Crippen LogP contribution < -0.4 is 14.2 Å². The van der Waals surface area contributed by atoms with E-state index in [9.17, 15) is 17.2 Å². The smallest absolute Gasteiger partial charge is 0.387 e. The molecule has 0 aromatic heterocycles. The number of benzene rings is 2. The van der Waals surface area contributed by atoms with Gasteiger partial charge in [-0.3, -0.25) is 4.72 Å². The lowest BCUT2D eigenvalue weighted by molar-refractivity contribution is -0.0511. The number of sulfonamides is 1. The number of methoxy groups -OCH3 is 1. The Balaban J connectivity index is 2.37. The Labute approximate surface area is 146 Å². The fraction of sp³-hybridized carbons (Fsp3) is 0.200. The van der Waals surface area contributed by atoms with Crippen molar-refractivity contribution in [1.29, 1.82) is 0 Å². The van der Waals surface area contributed by atoms with Gasteiger partial charge in [-0.05, 0) is 36.8 Å². The van der Waals surface area contributed by atoms with Gasteiger partial charge in [0.05, 0.1) is 17.7 Å². The summed E-state index contributed by atoms with van der Waals surface area (Å²) in [5.41, 5.74) is 0.620. The zero-order valence-electron chi connectivity index (χ0n) is 12.7. The van der Waals surface area contributed by atoms with Crippen molar-refractivity contribution < 1.29 is 26.7 Å². The number of hydrogen-bond acceptors (Lipinski definition) is 4. The number of nitrogens with one attached hydrogen (secondary N) is 1. The molecule has 0 unspecified atom stereocenters. The van der Waals surface area contributed by atoms with Crippen molar-refractivity contribution in [2.75, 3.05) is 11.8 Å². The van der Waals surface area contributed by atoms with Crippen molar-refractivity contribution in [3.8, 4) is 11.5 Å². The van der Waals surface area contributed by atoms with Crippen LogP contribution in [0.15, 0.2) is 45.8 Å². The molecule has 0 saturated heterocycles. The molecule has 0 saturated carbocycles. The molecule has 1 N–H and O–H groups in total. The topological polar surface area (TPSA) is 64.6 Å². The molecule has 0 aliphatic rings.